The summed E-state index contributed by atoms with van der Waals surface area (Å²) >= 11 is 0. The van der Waals surface area contributed by atoms with Crippen LogP contribution in [0, 0.1) is 5.92 Å². The van der Waals surface area contributed by atoms with Gasteiger partial charge in [0.05, 0.1) is 6.20 Å². The lowest BCUT2D eigenvalue weighted by Crippen LogP contribution is -2.45. The van der Waals surface area contributed by atoms with Gasteiger partial charge in [-0.15, -0.1) is 0 Å². The number of rotatable bonds is 5. The van der Waals surface area contributed by atoms with Crippen LogP contribution >= 0.6 is 0 Å². The number of fused-ring (bicyclic) bond motifs is 1. The third kappa shape index (κ3) is 4.59. The molecule has 2 aromatic heterocycles. The van der Waals surface area contributed by atoms with Crippen molar-refractivity contribution in [2.45, 2.75) is 51.7 Å². The van der Waals surface area contributed by atoms with Crippen molar-refractivity contribution in [2.75, 3.05) is 48.8 Å². The Morgan fingerprint density at radius 1 is 0.971 bits per heavy atom. The summed E-state index contributed by atoms with van der Waals surface area (Å²) in [6, 6.07) is 9.35. The first-order valence-electron chi connectivity index (χ1n) is 13.0. The zero-order valence-corrected chi connectivity index (χ0v) is 20.9. The number of nitrogens with two attached hydrogens (primary N) is 1. The van der Waals surface area contributed by atoms with E-state index in [-0.39, 0.29) is 0 Å². The predicted molar refractivity (Wildman–Crippen MR) is 141 cm³/mol. The molecule has 1 aromatic carbocycles. The Hall–Kier alpha value is -3.13. The maximum absolute atomic E-state index is 6.20. The molecule has 1 unspecified atom stereocenters. The highest BCUT2D eigenvalue weighted by Crippen LogP contribution is 2.33. The van der Waals surface area contributed by atoms with Gasteiger partial charge in [-0.3, -0.25) is 4.68 Å². The van der Waals surface area contributed by atoms with Crippen molar-refractivity contribution in [3.63, 3.8) is 0 Å². The molecule has 0 spiro atoms. The molecule has 184 valence electrons. The van der Waals surface area contributed by atoms with Crippen LogP contribution in [0.5, 0.6) is 0 Å². The second kappa shape index (κ2) is 9.15. The molecule has 8 nitrogen and oxygen atoms in total. The Kier molecular flexibility index (Phi) is 5.84. The topological polar surface area (TPSA) is 79.3 Å². The molecule has 3 aliphatic rings. The third-order valence-electron chi connectivity index (χ3n) is 8.07. The van der Waals surface area contributed by atoms with Crippen LogP contribution in [0.2, 0.25) is 0 Å². The molecule has 2 N–H and O–H groups in total. The van der Waals surface area contributed by atoms with Crippen LogP contribution in [0.25, 0.3) is 11.1 Å². The Morgan fingerprint density at radius 3 is 2.54 bits per heavy atom. The van der Waals surface area contributed by atoms with Crippen molar-refractivity contribution in [2.24, 2.45) is 5.92 Å². The number of hydrogen-bond acceptors (Lipinski definition) is 7. The maximum atomic E-state index is 6.20. The van der Waals surface area contributed by atoms with E-state index in [1.807, 2.05) is 6.20 Å². The molecule has 6 rings (SSSR count). The minimum Gasteiger partial charge on any atom is -0.368 e. The molecular formula is C27H36N8. The molecule has 2 aliphatic heterocycles. The van der Waals surface area contributed by atoms with Crippen LogP contribution in [0.1, 0.15) is 37.3 Å². The summed E-state index contributed by atoms with van der Waals surface area (Å²) in [5.74, 6) is 3.01. The van der Waals surface area contributed by atoms with Crippen LogP contribution in [0.15, 0.2) is 36.7 Å². The highest BCUT2D eigenvalue weighted by molar-refractivity contribution is 5.65. The van der Waals surface area contributed by atoms with Gasteiger partial charge >= 0.3 is 0 Å². The molecular weight excluding hydrogens is 436 g/mol. The Labute approximate surface area is 207 Å². The van der Waals surface area contributed by atoms with Gasteiger partial charge in [0.15, 0.2) is 0 Å². The van der Waals surface area contributed by atoms with Gasteiger partial charge < -0.3 is 20.4 Å². The van der Waals surface area contributed by atoms with E-state index in [1.54, 1.807) is 0 Å². The first-order chi connectivity index (χ1) is 17.0. The lowest BCUT2D eigenvalue weighted by atomic mass is 9.85. The molecule has 35 heavy (non-hydrogen) atoms. The molecule has 2 fully saturated rings. The molecule has 3 aromatic rings. The van der Waals surface area contributed by atoms with Crippen molar-refractivity contribution in [3.05, 3.63) is 47.8 Å². The van der Waals surface area contributed by atoms with Gasteiger partial charge in [-0.1, -0.05) is 18.6 Å². The zero-order valence-electron chi connectivity index (χ0n) is 20.9. The minimum atomic E-state index is 0.341. The van der Waals surface area contributed by atoms with Gasteiger partial charge in [0.25, 0.3) is 0 Å². The van der Waals surface area contributed by atoms with Gasteiger partial charge in [-0.25, -0.2) is 0 Å². The number of anilines is 3. The number of nitrogens with zero attached hydrogens (tertiary/aromatic N) is 7. The fourth-order valence-corrected chi connectivity index (χ4v) is 5.56. The lowest BCUT2D eigenvalue weighted by molar-refractivity contribution is 0.266. The summed E-state index contributed by atoms with van der Waals surface area (Å²) < 4.78 is 2.12. The first-order valence-corrected chi connectivity index (χ1v) is 13.0. The monoisotopic (exact) mass is 472 g/mol. The van der Waals surface area contributed by atoms with E-state index in [0.29, 0.717) is 12.0 Å². The minimum absolute atomic E-state index is 0.341. The standard InChI is InChI=1S/C27H36N8/c1-19-12-21-6-7-22(24-15-29-34(17-24)16-20-4-3-5-20)13-23(21)18-35(19)26-14-25(30-27(28)31-26)33-10-8-32(2)9-11-33/h6-7,13-15,17,19-20H,3-5,8-12,16,18H2,1-2H3,(H2,28,30,31). The first kappa shape index (κ1) is 22.3. The predicted octanol–water partition coefficient (Wildman–Crippen LogP) is 3.43. The summed E-state index contributed by atoms with van der Waals surface area (Å²) in [5, 5.41) is 4.64. The summed E-state index contributed by atoms with van der Waals surface area (Å²) in [5.41, 5.74) is 11.4. The molecule has 0 bridgehead atoms. The Morgan fingerprint density at radius 2 is 1.77 bits per heavy atom. The van der Waals surface area contributed by atoms with Gasteiger partial charge in [-0.05, 0) is 61.9 Å². The Bertz CT molecular complexity index is 1190. The molecule has 8 heteroatoms. The summed E-state index contributed by atoms with van der Waals surface area (Å²) in [4.78, 5) is 16.3. The number of nitrogen functional groups attached to an aromatic ring is 1. The van der Waals surface area contributed by atoms with E-state index in [0.717, 1.165) is 63.2 Å². The second-order valence-corrected chi connectivity index (χ2v) is 10.6. The highest BCUT2D eigenvalue weighted by Gasteiger charge is 2.26. The molecule has 4 heterocycles. The van der Waals surface area contributed by atoms with Crippen molar-refractivity contribution in [3.8, 4) is 11.1 Å². The van der Waals surface area contributed by atoms with E-state index in [2.05, 4.69) is 78.9 Å². The van der Waals surface area contributed by atoms with E-state index in [9.17, 15) is 0 Å². The van der Waals surface area contributed by atoms with Crippen LogP contribution in [-0.2, 0) is 19.5 Å². The van der Waals surface area contributed by atoms with E-state index >= 15 is 0 Å². The number of piperazine rings is 1. The van der Waals surface area contributed by atoms with E-state index in [1.165, 1.54) is 41.5 Å². The van der Waals surface area contributed by atoms with Crippen molar-refractivity contribution in [1.82, 2.24) is 24.6 Å². The SMILES string of the molecule is CC1Cc2ccc(-c3cnn(CC4CCC4)c3)cc2CN1c1cc(N2CCN(C)CC2)nc(N)n1. The Balaban J connectivity index is 1.24. The summed E-state index contributed by atoms with van der Waals surface area (Å²) in [6.07, 6.45) is 9.25. The average Bonchev–Trinajstić information content (AvgIpc) is 3.30. The molecule has 1 saturated carbocycles. The second-order valence-electron chi connectivity index (χ2n) is 10.6. The van der Waals surface area contributed by atoms with Crippen LogP contribution in [0.4, 0.5) is 17.6 Å². The lowest BCUT2D eigenvalue weighted by Gasteiger charge is -2.37. The maximum Gasteiger partial charge on any atom is 0.223 e. The van der Waals surface area contributed by atoms with Gasteiger partial charge in [0, 0.05) is 63.1 Å². The van der Waals surface area contributed by atoms with Gasteiger partial charge in [0.2, 0.25) is 5.95 Å². The third-order valence-corrected chi connectivity index (χ3v) is 8.07. The highest BCUT2D eigenvalue weighted by atomic mass is 15.3. The smallest absolute Gasteiger partial charge is 0.223 e. The van der Waals surface area contributed by atoms with Gasteiger partial charge in [-0.2, -0.15) is 15.1 Å². The molecule has 0 radical (unpaired) electrons. The average molecular weight is 473 g/mol. The van der Waals surface area contributed by atoms with E-state index in [4.69, 9.17) is 5.73 Å². The fourth-order valence-electron chi connectivity index (χ4n) is 5.56. The van der Waals surface area contributed by atoms with Crippen LogP contribution < -0.4 is 15.5 Å². The summed E-state index contributed by atoms with van der Waals surface area (Å²) in [6.45, 7) is 8.12. The molecule has 1 atom stereocenters. The molecule has 0 amide bonds. The van der Waals surface area contributed by atoms with E-state index < -0.39 is 0 Å². The number of likely N-dealkylation sites (N-methyl/N-ethyl adjacent to an activating group) is 1. The van der Waals surface area contributed by atoms with Crippen molar-refractivity contribution >= 4 is 17.6 Å². The van der Waals surface area contributed by atoms with Crippen molar-refractivity contribution < 1.29 is 0 Å². The van der Waals surface area contributed by atoms with Crippen LogP contribution in [-0.4, -0.2) is 63.9 Å². The van der Waals surface area contributed by atoms with Crippen molar-refractivity contribution in [1.29, 1.82) is 0 Å². The number of aromatic nitrogens is 4. The largest absolute Gasteiger partial charge is 0.368 e. The van der Waals surface area contributed by atoms with Crippen LogP contribution in [0.3, 0.4) is 0 Å². The molecule has 1 saturated heterocycles. The quantitative estimate of drug-likeness (QED) is 0.609. The summed E-state index contributed by atoms with van der Waals surface area (Å²) in [7, 11) is 2.16. The number of benzene rings is 1. The normalized spacial score (nSPS) is 21.1. The molecule has 1 aliphatic carbocycles. The van der Waals surface area contributed by atoms with Gasteiger partial charge in [0.1, 0.15) is 11.6 Å². The zero-order chi connectivity index (χ0) is 23.9. The number of hydrogen-bond donors (Lipinski definition) is 1. The fraction of sp³-hybridized carbons (Fsp3) is 0.519.